The zero-order chi connectivity index (χ0) is 16.9. The molecule has 1 aromatic heterocycles. The summed E-state index contributed by atoms with van der Waals surface area (Å²) >= 11 is 0. The summed E-state index contributed by atoms with van der Waals surface area (Å²) in [4.78, 5) is 14.3. The minimum Gasteiger partial charge on any atom is -0.497 e. The third-order valence-electron chi connectivity index (χ3n) is 4.40. The van der Waals surface area contributed by atoms with Crippen LogP contribution in [0.25, 0.3) is 0 Å². The summed E-state index contributed by atoms with van der Waals surface area (Å²) in [6, 6.07) is 9.88. The Morgan fingerprint density at radius 2 is 2.12 bits per heavy atom. The predicted molar refractivity (Wildman–Crippen MR) is 99.4 cm³/mol. The van der Waals surface area contributed by atoms with Gasteiger partial charge in [0.2, 0.25) is 0 Å². The highest BCUT2D eigenvalue weighted by Crippen LogP contribution is 2.17. The smallest absolute Gasteiger partial charge is 0.274 e. The second-order valence-electron chi connectivity index (χ2n) is 6.19. The molecule has 1 aromatic carbocycles. The van der Waals surface area contributed by atoms with Crippen LogP contribution in [0, 0.1) is 0 Å². The quantitative estimate of drug-likeness (QED) is 0.885. The van der Waals surface area contributed by atoms with Crippen LogP contribution in [0.2, 0.25) is 0 Å². The highest BCUT2D eigenvalue weighted by Gasteiger charge is 2.19. The van der Waals surface area contributed by atoms with Gasteiger partial charge in [0.05, 0.1) is 13.2 Å². The predicted octanol–water partition coefficient (Wildman–Crippen LogP) is 2.51. The van der Waals surface area contributed by atoms with Gasteiger partial charge in [-0.3, -0.25) is 9.48 Å². The van der Waals surface area contributed by atoms with Gasteiger partial charge < -0.3 is 15.0 Å². The van der Waals surface area contributed by atoms with Crippen molar-refractivity contribution >= 4 is 18.3 Å². The highest BCUT2D eigenvalue weighted by atomic mass is 35.5. The van der Waals surface area contributed by atoms with Crippen molar-refractivity contribution in [3.05, 3.63) is 47.8 Å². The normalized spacial score (nSPS) is 16.8. The van der Waals surface area contributed by atoms with Gasteiger partial charge in [0.1, 0.15) is 11.4 Å². The number of hydrogen-bond donors (Lipinski definition) is 1. The summed E-state index contributed by atoms with van der Waals surface area (Å²) < 4.78 is 7.07. The van der Waals surface area contributed by atoms with Gasteiger partial charge in [-0.15, -0.1) is 12.4 Å². The molecule has 0 bridgehead atoms. The summed E-state index contributed by atoms with van der Waals surface area (Å²) in [7, 11) is 3.44. The summed E-state index contributed by atoms with van der Waals surface area (Å²) in [6.07, 6.45) is 4.15. The maximum atomic E-state index is 12.6. The fourth-order valence-corrected chi connectivity index (χ4v) is 2.99. The van der Waals surface area contributed by atoms with Crippen LogP contribution in [-0.4, -0.2) is 47.8 Å². The van der Waals surface area contributed by atoms with Crippen LogP contribution in [0.5, 0.6) is 5.75 Å². The molecule has 7 heteroatoms. The maximum Gasteiger partial charge on any atom is 0.274 e. The largest absolute Gasteiger partial charge is 0.497 e. The lowest BCUT2D eigenvalue weighted by atomic mass is 10.1. The second-order valence-corrected chi connectivity index (χ2v) is 6.19. The van der Waals surface area contributed by atoms with Gasteiger partial charge in [-0.25, -0.2) is 0 Å². The zero-order valence-corrected chi connectivity index (χ0v) is 15.5. The van der Waals surface area contributed by atoms with Crippen LogP contribution < -0.4 is 10.1 Å². The number of carbonyl (C=O) groups is 1. The molecule has 0 radical (unpaired) electrons. The molecule has 2 aromatic rings. The number of ether oxygens (including phenoxy) is 1. The van der Waals surface area contributed by atoms with Crippen LogP contribution in [0.1, 0.15) is 34.9 Å². The number of carbonyl (C=O) groups excluding carboxylic acids is 1. The lowest BCUT2D eigenvalue weighted by Gasteiger charge is -2.23. The van der Waals surface area contributed by atoms with E-state index < -0.39 is 0 Å². The Hall–Kier alpha value is -2.05. The van der Waals surface area contributed by atoms with Gasteiger partial charge in [-0.05, 0) is 43.1 Å². The molecule has 1 unspecified atom stereocenters. The van der Waals surface area contributed by atoms with Crippen LogP contribution in [0.3, 0.4) is 0 Å². The molecule has 1 aliphatic rings. The van der Waals surface area contributed by atoms with Crippen molar-refractivity contribution in [3.63, 3.8) is 0 Å². The number of nitrogens with zero attached hydrogens (tertiary/aromatic N) is 3. The Morgan fingerprint density at radius 3 is 2.76 bits per heavy atom. The number of halogens is 1. The van der Waals surface area contributed by atoms with E-state index in [4.69, 9.17) is 4.74 Å². The topological polar surface area (TPSA) is 59.4 Å². The minimum absolute atomic E-state index is 0. The second kappa shape index (κ2) is 8.87. The van der Waals surface area contributed by atoms with Crippen molar-refractivity contribution in [3.8, 4) is 5.75 Å². The molecule has 1 N–H and O–H groups in total. The van der Waals surface area contributed by atoms with Crippen molar-refractivity contribution in [1.82, 2.24) is 20.0 Å². The number of methoxy groups -OCH3 is 1. The van der Waals surface area contributed by atoms with Crippen LogP contribution in [0.15, 0.2) is 36.5 Å². The van der Waals surface area contributed by atoms with E-state index in [-0.39, 0.29) is 18.3 Å². The first-order valence-corrected chi connectivity index (χ1v) is 8.31. The number of rotatable bonds is 5. The lowest BCUT2D eigenvalue weighted by Crippen LogP contribution is -2.32. The van der Waals surface area contributed by atoms with Gasteiger partial charge >= 0.3 is 0 Å². The molecule has 0 aliphatic carbocycles. The molecule has 136 valence electrons. The van der Waals surface area contributed by atoms with E-state index in [1.54, 1.807) is 19.1 Å². The molecule has 1 aliphatic heterocycles. The number of aromatic nitrogens is 2. The van der Waals surface area contributed by atoms with Crippen molar-refractivity contribution in [2.24, 2.45) is 0 Å². The summed E-state index contributed by atoms with van der Waals surface area (Å²) in [5, 5.41) is 7.86. The molecule has 1 saturated heterocycles. The van der Waals surface area contributed by atoms with E-state index in [0.717, 1.165) is 37.2 Å². The number of nitrogens with one attached hydrogen (secondary N) is 1. The van der Waals surface area contributed by atoms with Crippen molar-refractivity contribution in [2.45, 2.75) is 25.4 Å². The third-order valence-corrected chi connectivity index (χ3v) is 4.40. The van der Waals surface area contributed by atoms with Gasteiger partial charge in [-0.1, -0.05) is 12.1 Å². The van der Waals surface area contributed by atoms with Crippen molar-refractivity contribution in [2.75, 3.05) is 27.2 Å². The van der Waals surface area contributed by atoms with Crippen molar-refractivity contribution < 1.29 is 9.53 Å². The Kier molecular flexibility index (Phi) is 6.84. The van der Waals surface area contributed by atoms with E-state index in [1.807, 2.05) is 41.2 Å². The first kappa shape index (κ1) is 19.3. The monoisotopic (exact) mass is 364 g/mol. The molecule has 0 saturated carbocycles. The lowest BCUT2D eigenvalue weighted by molar-refractivity contribution is 0.0778. The number of hydrogen-bond acceptors (Lipinski definition) is 4. The Labute approximate surface area is 154 Å². The Morgan fingerprint density at radius 1 is 1.36 bits per heavy atom. The van der Waals surface area contributed by atoms with Crippen LogP contribution in [-0.2, 0) is 6.54 Å². The van der Waals surface area contributed by atoms with Gasteiger partial charge in [0, 0.05) is 26.3 Å². The first-order valence-electron chi connectivity index (χ1n) is 8.31. The molecule has 3 rings (SSSR count). The van der Waals surface area contributed by atoms with Crippen LogP contribution in [0.4, 0.5) is 0 Å². The first-order chi connectivity index (χ1) is 11.7. The molecule has 1 amide bonds. The van der Waals surface area contributed by atoms with E-state index in [0.29, 0.717) is 18.3 Å². The summed E-state index contributed by atoms with van der Waals surface area (Å²) in [6.45, 7) is 2.52. The standard InChI is InChI=1S/C18H24N4O2.ClH/c1-21(13-14-5-7-16(24-2)8-6-14)18(23)17-9-11-22(20-17)15-4-3-10-19-12-15;/h5-9,11,15,19H,3-4,10,12-13H2,1-2H3;1H. The van der Waals surface area contributed by atoms with E-state index in [2.05, 4.69) is 10.4 Å². The Balaban J connectivity index is 0.00000225. The van der Waals surface area contributed by atoms with Gasteiger partial charge in [0.25, 0.3) is 5.91 Å². The Bertz CT molecular complexity index is 681. The van der Waals surface area contributed by atoms with E-state index in [9.17, 15) is 4.79 Å². The zero-order valence-electron chi connectivity index (χ0n) is 14.6. The van der Waals surface area contributed by atoms with Crippen molar-refractivity contribution in [1.29, 1.82) is 0 Å². The summed E-state index contributed by atoms with van der Waals surface area (Å²) in [5.41, 5.74) is 1.55. The minimum atomic E-state index is -0.0617. The van der Waals surface area contributed by atoms with E-state index in [1.165, 1.54) is 0 Å². The average molecular weight is 365 g/mol. The third kappa shape index (κ3) is 4.74. The van der Waals surface area contributed by atoms with E-state index >= 15 is 0 Å². The number of piperidine rings is 1. The fraction of sp³-hybridized carbons (Fsp3) is 0.444. The SMILES string of the molecule is COc1ccc(CN(C)C(=O)c2ccn(C3CCCNC3)n2)cc1.Cl. The number of amides is 1. The van der Waals surface area contributed by atoms with Crippen LogP contribution >= 0.6 is 12.4 Å². The molecule has 0 spiro atoms. The molecular formula is C18H25ClN4O2. The molecule has 25 heavy (non-hydrogen) atoms. The average Bonchev–Trinajstić information content (AvgIpc) is 3.12. The van der Waals surface area contributed by atoms with Gasteiger partial charge in [-0.2, -0.15) is 5.10 Å². The molecule has 1 fully saturated rings. The molecular weight excluding hydrogens is 340 g/mol. The highest BCUT2D eigenvalue weighted by molar-refractivity contribution is 5.92. The number of benzene rings is 1. The maximum absolute atomic E-state index is 12.6. The molecule has 1 atom stereocenters. The molecule has 6 nitrogen and oxygen atoms in total. The molecule has 2 heterocycles. The van der Waals surface area contributed by atoms with Gasteiger partial charge in [0.15, 0.2) is 0 Å². The fourth-order valence-electron chi connectivity index (χ4n) is 2.99. The summed E-state index contributed by atoms with van der Waals surface area (Å²) in [5.74, 6) is 0.751.